The van der Waals surface area contributed by atoms with Gasteiger partial charge >= 0.3 is 12.2 Å². The highest BCUT2D eigenvalue weighted by Crippen LogP contribution is 2.48. The smallest absolute Gasteiger partial charge is 0.420 e. The Hall–Kier alpha value is -1.74. The Labute approximate surface area is 148 Å². The summed E-state index contributed by atoms with van der Waals surface area (Å²) >= 11 is 4.76. The number of urea groups is 1. The number of alkyl halides is 3. The number of ether oxygens (including phenoxy) is 1. The average molecular weight is 421 g/mol. The van der Waals surface area contributed by atoms with Gasteiger partial charge in [-0.25, -0.2) is 4.79 Å². The number of carbonyl (C=O) groups excluding carboxylic acids is 1. The lowest BCUT2D eigenvalue weighted by atomic mass is 10.1. The van der Waals surface area contributed by atoms with E-state index < -0.39 is 23.8 Å². The highest BCUT2D eigenvalue weighted by molar-refractivity contribution is 9.11. The van der Waals surface area contributed by atoms with Crippen LogP contribution in [-0.4, -0.2) is 13.1 Å². The molecule has 4 nitrogen and oxygen atoms in total. The predicted molar refractivity (Wildman–Crippen MR) is 88.5 cm³/mol. The van der Waals surface area contributed by atoms with Crippen LogP contribution in [-0.2, 0) is 12.6 Å². The first kappa shape index (κ1) is 17.1. The average Bonchev–Trinajstić information content (AvgIpc) is 3.07. The molecular formula is C15H12BrF3N2O2S. The topological polar surface area (TPSA) is 55.6 Å². The maximum absolute atomic E-state index is 13.2. The Morgan fingerprint density at radius 3 is 2.62 bits per heavy atom. The van der Waals surface area contributed by atoms with Crippen LogP contribution in [0, 0.1) is 0 Å². The molecule has 128 valence electrons. The molecule has 1 aromatic heterocycles. The number of anilines is 1. The number of rotatable bonds is 2. The van der Waals surface area contributed by atoms with Gasteiger partial charge in [0.2, 0.25) is 0 Å². The summed E-state index contributed by atoms with van der Waals surface area (Å²) in [6.07, 6.45) is -4.21. The third-order valence-corrected chi connectivity index (χ3v) is 5.58. The van der Waals surface area contributed by atoms with E-state index >= 15 is 0 Å². The van der Waals surface area contributed by atoms with E-state index in [9.17, 15) is 18.0 Å². The van der Waals surface area contributed by atoms with Crippen LogP contribution < -0.4 is 15.4 Å². The summed E-state index contributed by atoms with van der Waals surface area (Å²) in [5.74, 6) is -0.265. The zero-order chi connectivity index (χ0) is 17.6. The molecule has 0 saturated heterocycles. The molecule has 1 aromatic carbocycles. The van der Waals surface area contributed by atoms with Crippen LogP contribution in [0.15, 0.2) is 28.1 Å². The molecule has 2 heterocycles. The van der Waals surface area contributed by atoms with E-state index in [1.807, 2.05) is 12.1 Å². The monoisotopic (exact) mass is 420 g/mol. The molecule has 9 heteroatoms. The fourth-order valence-corrected chi connectivity index (χ4v) is 4.38. The van der Waals surface area contributed by atoms with Crippen LogP contribution >= 0.6 is 27.3 Å². The van der Waals surface area contributed by atoms with E-state index in [1.54, 1.807) is 0 Å². The fraction of sp³-hybridized carbons (Fsp3) is 0.267. The molecule has 0 saturated carbocycles. The molecule has 0 aliphatic carbocycles. The van der Waals surface area contributed by atoms with E-state index in [4.69, 9.17) is 10.5 Å². The Bertz CT molecular complexity index is 807. The van der Waals surface area contributed by atoms with Crippen molar-refractivity contribution in [2.45, 2.75) is 18.6 Å². The number of benzene rings is 1. The molecule has 2 amide bonds. The lowest BCUT2D eigenvalue weighted by molar-refractivity contribution is -0.138. The van der Waals surface area contributed by atoms with E-state index in [0.717, 1.165) is 14.7 Å². The van der Waals surface area contributed by atoms with E-state index in [0.29, 0.717) is 12.0 Å². The van der Waals surface area contributed by atoms with Crippen LogP contribution in [0.5, 0.6) is 5.75 Å². The Balaban J connectivity index is 2.13. The van der Waals surface area contributed by atoms with Crippen molar-refractivity contribution in [3.8, 4) is 5.75 Å². The first-order valence-corrected chi connectivity index (χ1v) is 8.45. The van der Waals surface area contributed by atoms with Crippen molar-refractivity contribution in [2.75, 3.05) is 12.0 Å². The van der Waals surface area contributed by atoms with Crippen LogP contribution in [0.25, 0.3) is 0 Å². The second-order valence-electron chi connectivity index (χ2n) is 5.25. The van der Waals surface area contributed by atoms with Crippen LogP contribution in [0.1, 0.15) is 22.0 Å². The molecule has 0 spiro atoms. The third-order valence-electron chi connectivity index (χ3n) is 3.85. The van der Waals surface area contributed by atoms with Gasteiger partial charge < -0.3 is 10.5 Å². The highest BCUT2D eigenvalue weighted by atomic mass is 79.9. The summed E-state index contributed by atoms with van der Waals surface area (Å²) in [6, 6.07) is 4.69. The largest absolute Gasteiger partial charge is 0.496 e. The van der Waals surface area contributed by atoms with Crippen LogP contribution in [0.4, 0.5) is 23.7 Å². The zero-order valence-electron chi connectivity index (χ0n) is 12.4. The maximum atomic E-state index is 13.2. The van der Waals surface area contributed by atoms with Crippen molar-refractivity contribution in [2.24, 2.45) is 5.73 Å². The van der Waals surface area contributed by atoms with Gasteiger partial charge in [-0.2, -0.15) is 13.2 Å². The van der Waals surface area contributed by atoms with Crippen molar-refractivity contribution in [3.63, 3.8) is 0 Å². The number of carbonyl (C=O) groups is 1. The number of nitrogens with two attached hydrogens (primary N) is 1. The van der Waals surface area contributed by atoms with Crippen molar-refractivity contribution >= 4 is 39.0 Å². The number of thiophene rings is 1. The summed E-state index contributed by atoms with van der Waals surface area (Å²) in [5, 5.41) is 0. The quantitative estimate of drug-likeness (QED) is 0.763. The van der Waals surface area contributed by atoms with Gasteiger partial charge in [-0.15, -0.1) is 11.3 Å². The van der Waals surface area contributed by atoms with Gasteiger partial charge in [0.25, 0.3) is 0 Å². The lowest BCUT2D eigenvalue weighted by Gasteiger charge is -2.23. The Morgan fingerprint density at radius 1 is 1.42 bits per heavy atom. The Kier molecular flexibility index (Phi) is 4.25. The van der Waals surface area contributed by atoms with Crippen molar-refractivity contribution in [3.05, 3.63) is 44.1 Å². The van der Waals surface area contributed by atoms with Gasteiger partial charge in [0, 0.05) is 11.3 Å². The summed E-state index contributed by atoms with van der Waals surface area (Å²) in [4.78, 5) is 13.9. The summed E-state index contributed by atoms with van der Waals surface area (Å²) in [5.41, 5.74) is 5.28. The minimum atomic E-state index is -4.59. The van der Waals surface area contributed by atoms with Gasteiger partial charge in [0.05, 0.1) is 28.2 Å². The molecule has 1 unspecified atom stereocenters. The normalized spacial score (nSPS) is 17.0. The number of primary amides is 1. The van der Waals surface area contributed by atoms with Crippen LogP contribution in [0.3, 0.4) is 0 Å². The number of hydrogen-bond donors (Lipinski definition) is 1. The third kappa shape index (κ3) is 2.86. The molecular weight excluding hydrogens is 409 g/mol. The fourth-order valence-electron chi connectivity index (χ4n) is 2.86. The summed E-state index contributed by atoms with van der Waals surface area (Å²) in [6.45, 7) is 0. The molecule has 2 aromatic rings. The van der Waals surface area contributed by atoms with Crippen molar-refractivity contribution < 1.29 is 22.7 Å². The Morgan fingerprint density at radius 2 is 2.12 bits per heavy atom. The number of hydrogen-bond acceptors (Lipinski definition) is 3. The van der Waals surface area contributed by atoms with Crippen LogP contribution in [0.2, 0.25) is 0 Å². The molecule has 1 aliphatic heterocycles. The first-order valence-electron chi connectivity index (χ1n) is 6.84. The molecule has 24 heavy (non-hydrogen) atoms. The number of nitrogens with zero attached hydrogens (tertiary/aromatic N) is 1. The summed E-state index contributed by atoms with van der Waals surface area (Å²) < 4.78 is 45.5. The highest BCUT2D eigenvalue weighted by Gasteiger charge is 2.40. The zero-order valence-corrected chi connectivity index (χ0v) is 14.8. The molecule has 0 fully saturated rings. The first-order chi connectivity index (χ1) is 11.2. The van der Waals surface area contributed by atoms with Gasteiger partial charge in [0.1, 0.15) is 5.75 Å². The van der Waals surface area contributed by atoms with E-state index in [2.05, 4.69) is 15.9 Å². The minimum Gasteiger partial charge on any atom is -0.496 e. The SMILES string of the molecule is COc1cc2c(cc1C(F)(F)F)N(C(N)=O)C(c1ccc(Br)s1)C2. The summed E-state index contributed by atoms with van der Waals surface area (Å²) in [7, 11) is 1.19. The van der Waals surface area contributed by atoms with Gasteiger partial charge in [0.15, 0.2) is 0 Å². The molecule has 2 N–H and O–H groups in total. The van der Waals surface area contributed by atoms with Crippen molar-refractivity contribution in [1.82, 2.24) is 0 Å². The van der Waals surface area contributed by atoms with Crippen molar-refractivity contribution in [1.29, 1.82) is 0 Å². The maximum Gasteiger partial charge on any atom is 0.420 e. The van der Waals surface area contributed by atoms with E-state index in [1.165, 1.54) is 29.4 Å². The van der Waals surface area contributed by atoms with Gasteiger partial charge in [-0.1, -0.05) is 0 Å². The number of fused-ring (bicyclic) bond motifs is 1. The number of methoxy groups -OCH3 is 1. The second-order valence-corrected chi connectivity index (χ2v) is 7.74. The number of halogens is 4. The van der Waals surface area contributed by atoms with Gasteiger partial charge in [-0.05, 0) is 45.8 Å². The molecule has 1 aliphatic rings. The minimum absolute atomic E-state index is 0.171. The predicted octanol–water partition coefficient (Wildman–Crippen LogP) is 4.72. The lowest BCUT2D eigenvalue weighted by Crippen LogP contribution is -2.36. The van der Waals surface area contributed by atoms with Gasteiger partial charge in [-0.3, -0.25) is 4.90 Å². The molecule has 0 bridgehead atoms. The molecule has 3 rings (SSSR count). The molecule has 0 radical (unpaired) electrons. The van der Waals surface area contributed by atoms with E-state index in [-0.39, 0.29) is 11.4 Å². The standard InChI is InChI=1S/C15H12BrF3N2O2S/c1-23-11-5-7-4-10(12-2-3-13(16)24-12)21(14(20)22)9(7)6-8(11)15(17,18)19/h2-3,5-6,10H,4H2,1H3,(H2,20,22). The number of amides is 2. The molecule has 1 atom stereocenters. The second kappa shape index (κ2) is 5.96.